The van der Waals surface area contributed by atoms with Crippen LogP contribution in [-0.4, -0.2) is 41.3 Å². The maximum atomic E-state index is 5.23. The van der Waals surface area contributed by atoms with E-state index < -0.39 is 0 Å². The van der Waals surface area contributed by atoms with E-state index in [-0.39, 0.29) is 0 Å². The second-order valence-electron chi connectivity index (χ2n) is 6.70. The topological polar surface area (TPSA) is 41.1 Å². The molecule has 1 atom stereocenters. The highest BCUT2D eigenvalue weighted by Crippen LogP contribution is 2.33. The molecule has 24 heavy (non-hydrogen) atoms. The van der Waals surface area contributed by atoms with Crippen LogP contribution in [0.4, 0.5) is 0 Å². The Labute approximate surface area is 145 Å². The Balaban J connectivity index is 1.89. The van der Waals surface area contributed by atoms with Gasteiger partial charge >= 0.3 is 0 Å². The highest BCUT2D eigenvalue weighted by atomic mass is 16.5. The van der Waals surface area contributed by atoms with E-state index in [1.54, 1.807) is 7.11 Å². The molecular formula is C20H29N3O. The fourth-order valence-corrected chi connectivity index (χ4v) is 3.93. The summed E-state index contributed by atoms with van der Waals surface area (Å²) in [5, 5.41) is 7.34. The van der Waals surface area contributed by atoms with E-state index in [0.29, 0.717) is 11.9 Å². The molecule has 2 aromatic rings. The van der Waals surface area contributed by atoms with Crippen molar-refractivity contribution in [3.63, 3.8) is 0 Å². The zero-order valence-electron chi connectivity index (χ0n) is 15.1. The third-order valence-electron chi connectivity index (χ3n) is 5.05. The summed E-state index contributed by atoms with van der Waals surface area (Å²) in [5.41, 5.74) is 5.31. The number of aromatic amines is 1. The molecule has 0 amide bonds. The number of nitrogens with zero attached hydrogens (tertiary/aromatic N) is 2. The van der Waals surface area contributed by atoms with Crippen LogP contribution in [0.5, 0.6) is 5.88 Å². The minimum absolute atomic E-state index is 0.647. The van der Waals surface area contributed by atoms with E-state index in [2.05, 4.69) is 47.1 Å². The van der Waals surface area contributed by atoms with Gasteiger partial charge in [-0.3, -0.25) is 5.10 Å². The fourth-order valence-electron chi connectivity index (χ4n) is 3.93. The summed E-state index contributed by atoms with van der Waals surface area (Å²) in [6, 6.07) is 9.31. The van der Waals surface area contributed by atoms with Gasteiger partial charge in [0.2, 0.25) is 5.88 Å². The van der Waals surface area contributed by atoms with Crippen molar-refractivity contribution in [1.82, 2.24) is 15.1 Å². The first kappa shape index (κ1) is 17.0. The van der Waals surface area contributed by atoms with Crippen LogP contribution in [0.2, 0.25) is 0 Å². The molecule has 0 fully saturated rings. The van der Waals surface area contributed by atoms with Gasteiger partial charge in [0.15, 0.2) is 0 Å². The number of methoxy groups -OCH3 is 1. The molecule has 1 aliphatic rings. The molecule has 0 bridgehead atoms. The maximum absolute atomic E-state index is 5.23. The summed E-state index contributed by atoms with van der Waals surface area (Å²) in [4.78, 5) is 2.69. The molecule has 0 saturated carbocycles. The van der Waals surface area contributed by atoms with Crippen LogP contribution in [0, 0.1) is 0 Å². The number of ether oxygens (including phenoxy) is 1. The van der Waals surface area contributed by atoms with E-state index in [9.17, 15) is 0 Å². The molecule has 1 heterocycles. The second kappa shape index (κ2) is 7.84. The lowest BCUT2D eigenvalue weighted by molar-refractivity contribution is 0.180. The van der Waals surface area contributed by atoms with Crippen molar-refractivity contribution in [2.45, 2.75) is 52.0 Å². The van der Waals surface area contributed by atoms with E-state index in [0.717, 1.165) is 12.1 Å². The Morgan fingerprint density at radius 3 is 2.71 bits per heavy atom. The molecular weight excluding hydrogens is 298 g/mol. The fraction of sp³-hybridized carbons (Fsp3) is 0.550. The molecule has 1 aromatic carbocycles. The molecule has 0 spiro atoms. The van der Waals surface area contributed by atoms with Crippen LogP contribution < -0.4 is 4.74 Å². The molecule has 130 valence electrons. The van der Waals surface area contributed by atoms with Crippen molar-refractivity contribution in [3.05, 3.63) is 35.4 Å². The van der Waals surface area contributed by atoms with E-state index in [1.807, 2.05) is 6.07 Å². The molecule has 3 rings (SSSR count). The van der Waals surface area contributed by atoms with Gasteiger partial charge in [-0.2, -0.15) is 0 Å². The summed E-state index contributed by atoms with van der Waals surface area (Å²) in [6.45, 7) is 6.96. The van der Waals surface area contributed by atoms with Crippen LogP contribution >= 0.6 is 0 Å². The Morgan fingerprint density at radius 2 is 2.04 bits per heavy atom. The summed E-state index contributed by atoms with van der Waals surface area (Å²) >= 11 is 0. The molecule has 1 N–H and O–H groups in total. The number of H-pyrrole nitrogens is 1. The molecule has 0 saturated heterocycles. The quantitative estimate of drug-likeness (QED) is 0.833. The van der Waals surface area contributed by atoms with Gasteiger partial charge in [0, 0.05) is 17.7 Å². The first-order valence-corrected chi connectivity index (χ1v) is 9.21. The predicted molar refractivity (Wildman–Crippen MR) is 98.5 cm³/mol. The molecule has 0 aliphatic heterocycles. The number of benzene rings is 1. The van der Waals surface area contributed by atoms with Crippen molar-refractivity contribution in [3.8, 4) is 17.1 Å². The normalized spacial score (nSPS) is 17.1. The Bertz CT molecular complexity index is 659. The zero-order chi connectivity index (χ0) is 16.9. The number of aromatic nitrogens is 2. The average Bonchev–Trinajstić information content (AvgIpc) is 3.09. The van der Waals surface area contributed by atoms with Gasteiger partial charge in [-0.25, -0.2) is 0 Å². The van der Waals surface area contributed by atoms with Crippen molar-refractivity contribution in [2.24, 2.45) is 0 Å². The minimum Gasteiger partial charge on any atom is -0.480 e. The number of hydrogen-bond acceptors (Lipinski definition) is 3. The van der Waals surface area contributed by atoms with Crippen LogP contribution in [0.15, 0.2) is 24.3 Å². The van der Waals surface area contributed by atoms with Gasteiger partial charge in [0.05, 0.1) is 12.8 Å². The van der Waals surface area contributed by atoms with Crippen molar-refractivity contribution in [2.75, 3.05) is 20.2 Å². The number of rotatable bonds is 7. The van der Waals surface area contributed by atoms with Crippen molar-refractivity contribution < 1.29 is 4.74 Å². The zero-order valence-corrected chi connectivity index (χ0v) is 15.1. The third kappa shape index (κ3) is 3.48. The smallest absolute Gasteiger partial charge is 0.232 e. The molecule has 0 radical (unpaired) electrons. The number of aryl methyl sites for hydroxylation is 1. The molecule has 1 aromatic heterocycles. The number of hydrogen-bond donors (Lipinski definition) is 1. The van der Waals surface area contributed by atoms with Crippen LogP contribution in [0.25, 0.3) is 11.3 Å². The number of fused-ring (bicyclic) bond motifs is 1. The summed E-state index contributed by atoms with van der Waals surface area (Å²) in [5.74, 6) is 0.647. The van der Waals surface area contributed by atoms with Gasteiger partial charge < -0.3 is 9.64 Å². The Morgan fingerprint density at radius 1 is 1.25 bits per heavy atom. The third-order valence-corrected chi connectivity index (χ3v) is 5.05. The van der Waals surface area contributed by atoms with E-state index >= 15 is 0 Å². The van der Waals surface area contributed by atoms with Gasteiger partial charge in [-0.05, 0) is 56.3 Å². The first-order valence-electron chi connectivity index (χ1n) is 9.21. The van der Waals surface area contributed by atoms with Crippen molar-refractivity contribution >= 4 is 0 Å². The summed E-state index contributed by atoms with van der Waals surface area (Å²) < 4.78 is 5.23. The van der Waals surface area contributed by atoms with E-state index in [1.165, 1.54) is 55.5 Å². The lowest BCUT2D eigenvalue weighted by Gasteiger charge is -2.35. The van der Waals surface area contributed by atoms with Crippen LogP contribution in [0.1, 0.15) is 44.2 Å². The van der Waals surface area contributed by atoms with Gasteiger partial charge in [0.25, 0.3) is 0 Å². The van der Waals surface area contributed by atoms with Gasteiger partial charge in [0.1, 0.15) is 0 Å². The van der Waals surface area contributed by atoms with Crippen LogP contribution in [0.3, 0.4) is 0 Å². The predicted octanol–water partition coefficient (Wildman–Crippen LogP) is 4.06. The standard InChI is InChI=1S/C20H29N3O/c1-4-11-23(12-5-2)16-10-9-15-7-6-8-17(18(15)13-16)19-14-20(24-3)22-21-19/h6-8,14,16H,4-5,9-13H2,1-3H3,(H,21,22). The lowest BCUT2D eigenvalue weighted by atomic mass is 9.83. The lowest BCUT2D eigenvalue weighted by Crippen LogP contribution is -2.40. The molecule has 1 aliphatic carbocycles. The minimum atomic E-state index is 0.647. The Hall–Kier alpha value is -1.81. The average molecular weight is 327 g/mol. The van der Waals surface area contributed by atoms with E-state index in [4.69, 9.17) is 4.74 Å². The second-order valence-corrected chi connectivity index (χ2v) is 6.70. The molecule has 4 heteroatoms. The largest absolute Gasteiger partial charge is 0.480 e. The first-order chi connectivity index (χ1) is 11.8. The van der Waals surface area contributed by atoms with Gasteiger partial charge in [-0.1, -0.05) is 32.0 Å². The van der Waals surface area contributed by atoms with Crippen molar-refractivity contribution in [1.29, 1.82) is 0 Å². The maximum Gasteiger partial charge on any atom is 0.232 e. The SMILES string of the molecule is CCCN(CCC)C1CCc2cccc(-c3cc(OC)n[nH]3)c2C1. The molecule has 1 unspecified atom stereocenters. The highest BCUT2D eigenvalue weighted by molar-refractivity contribution is 5.66. The summed E-state index contributed by atoms with van der Waals surface area (Å²) in [6.07, 6.45) is 6.02. The highest BCUT2D eigenvalue weighted by Gasteiger charge is 2.25. The Kier molecular flexibility index (Phi) is 5.56. The number of nitrogens with one attached hydrogen (secondary N) is 1. The van der Waals surface area contributed by atoms with Crippen LogP contribution in [-0.2, 0) is 12.8 Å². The summed E-state index contributed by atoms with van der Waals surface area (Å²) in [7, 11) is 1.66. The monoisotopic (exact) mass is 327 g/mol. The van der Waals surface area contributed by atoms with Gasteiger partial charge in [-0.15, -0.1) is 5.10 Å². The molecule has 4 nitrogen and oxygen atoms in total.